The minimum Gasteiger partial charge on any atom is -0.496 e. The van der Waals surface area contributed by atoms with Gasteiger partial charge in [-0.25, -0.2) is 0 Å². The van der Waals surface area contributed by atoms with Crippen molar-refractivity contribution < 1.29 is 23.7 Å². The Morgan fingerprint density at radius 2 is 1.46 bits per heavy atom. The van der Waals surface area contributed by atoms with Crippen LogP contribution in [0.3, 0.4) is 0 Å². The molecule has 0 bridgehead atoms. The summed E-state index contributed by atoms with van der Waals surface area (Å²) in [4.78, 5) is 18.4. The number of piperazine rings is 1. The number of benzene rings is 3. The maximum absolute atomic E-state index is 12.2. The van der Waals surface area contributed by atoms with E-state index >= 15 is 0 Å². The van der Waals surface area contributed by atoms with Gasteiger partial charge in [0, 0.05) is 54.9 Å². The zero-order valence-corrected chi connectivity index (χ0v) is 29.6. The second-order valence-electron chi connectivity index (χ2n) is 11.5. The first-order valence-electron chi connectivity index (χ1n) is 15.4. The first-order valence-corrected chi connectivity index (χ1v) is 16.3. The van der Waals surface area contributed by atoms with Crippen molar-refractivity contribution in [2.24, 2.45) is 0 Å². The van der Waals surface area contributed by atoms with E-state index in [1.807, 2.05) is 48.5 Å². The number of thioether (sulfide) groups is 1. The summed E-state index contributed by atoms with van der Waals surface area (Å²) in [6.07, 6.45) is 3.99. The lowest BCUT2D eigenvalue weighted by Gasteiger charge is -2.41. The maximum Gasteiger partial charge on any atom is 0.164 e. The van der Waals surface area contributed by atoms with Gasteiger partial charge < -0.3 is 38.9 Å². The van der Waals surface area contributed by atoms with Crippen LogP contribution in [0.5, 0.6) is 23.0 Å². The van der Waals surface area contributed by atoms with Crippen molar-refractivity contribution in [2.45, 2.75) is 41.9 Å². The van der Waals surface area contributed by atoms with Gasteiger partial charge in [-0.3, -0.25) is 0 Å². The number of ether oxygens (including phenoxy) is 4. The molecular weight excluding hydrogens is 645 g/mol. The van der Waals surface area contributed by atoms with E-state index in [4.69, 9.17) is 18.9 Å². The zero-order chi connectivity index (χ0) is 30.9. The monoisotopic (exact) mass is 691 g/mol. The summed E-state index contributed by atoms with van der Waals surface area (Å²) in [6, 6.07) is 19.9. The highest BCUT2D eigenvalue weighted by Gasteiger charge is 2.43. The highest BCUT2D eigenvalue weighted by atomic mass is 35.5. The fourth-order valence-corrected chi connectivity index (χ4v) is 7.44. The molecule has 2 aliphatic heterocycles. The molecule has 0 spiro atoms. The molecule has 0 aromatic heterocycles. The highest BCUT2D eigenvalue weighted by molar-refractivity contribution is 8.00. The number of nitrogens with zero attached hydrogens (tertiary/aromatic N) is 2. The second kappa shape index (κ2) is 17.9. The van der Waals surface area contributed by atoms with E-state index in [0.29, 0.717) is 12.4 Å². The van der Waals surface area contributed by atoms with Crippen LogP contribution < -0.4 is 24.3 Å². The third-order valence-corrected chi connectivity index (χ3v) is 10.2. The van der Waals surface area contributed by atoms with Gasteiger partial charge in [-0.2, -0.15) is 0 Å². The van der Waals surface area contributed by atoms with Gasteiger partial charge in [-0.05, 0) is 62.6 Å². The van der Waals surface area contributed by atoms with Crippen molar-refractivity contribution in [2.75, 3.05) is 72.5 Å². The fourth-order valence-electron chi connectivity index (χ4n) is 6.08. The Morgan fingerprint density at radius 3 is 2.15 bits per heavy atom. The summed E-state index contributed by atoms with van der Waals surface area (Å²) in [5.41, 5.74) is 3.18. The predicted molar refractivity (Wildman–Crippen MR) is 191 cm³/mol. The van der Waals surface area contributed by atoms with Crippen molar-refractivity contribution >= 4 is 48.5 Å². The summed E-state index contributed by atoms with van der Waals surface area (Å²) >= 11 is 1.73. The Balaban J connectivity index is 0.00000288. The lowest BCUT2D eigenvalue weighted by Crippen LogP contribution is -2.47. The summed E-state index contributed by atoms with van der Waals surface area (Å²) in [6.45, 7) is 9.11. The van der Waals surface area contributed by atoms with Gasteiger partial charge in [0.2, 0.25) is 0 Å². The topological polar surface area (TPSA) is 72.5 Å². The van der Waals surface area contributed by atoms with Crippen LogP contribution in [0.4, 0.5) is 5.69 Å². The molecule has 1 saturated heterocycles. The standard InChI is InChI=1S/C35H45N3O5S.2ClH/c1-35(34(25-39)36-28-12-6-8-14-33(28)44-35)27-11-5-7-13-29(27)43-22-10-9-16-37-18-20-38(21-19-37)17-15-26-23-31(41-3)32(42-4)24-30(26)40-2;;/h5-8,11-14,23-25,34,36H,9-10,15-22H2,1-4H3;2*1H. The van der Waals surface area contributed by atoms with Crippen molar-refractivity contribution in [3.05, 3.63) is 71.8 Å². The average molecular weight is 693 g/mol. The number of aldehydes is 1. The van der Waals surface area contributed by atoms with Gasteiger partial charge in [0.15, 0.2) is 11.5 Å². The molecule has 46 heavy (non-hydrogen) atoms. The van der Waals surface area contributed by atoms with Crippen LogP contribution >= 0.6 is 36.6 Å². The Morgan fingerprint density at radius 1 is 0.826 bits per heavy atom. The summed E-state index contributed by atoms with van der Waals surface area (Å²) in [5, 5.41) is 3.44. The van der Waals surface area contributed by atoms with E-state index in [1.54, 1.807) is 33.1 Å². The Bertz CT molecular complexity index is 1410. The molecule has 0 radical (unpaired) electrons. The number of rotatable bonds is 14. The Hall–Kier alpha value is -2.82. The van der Waals surface area contributed by atoms with Crippen LogP contribution in [0, 0.1) is 0 Å². The first-order chi connectivity index (χ1) is 21.5. The number of nitrogens with one attached hydrogen (secondary N) is 1. The molecule has 0 amide bonds. The van der Waals surface area contributed by atoms with Gasteiger partial charge in [0.1, 0.15) is 23.8 Å². The number of methoxy groups -OCH3 is 3. The van der Waals surface area contributed by atoms with E-state index < -0.39 is 4.75 Å². The van der Waals surface area contributed by atoms with Crippen molar-refractivity contribution in [3.63, 3.8) is 0 Å². The molecule has 8 nitrogen and oxygen atoms in total. The third-order valence-electron chi connectivity index (χ3n) is 8.75. The molecule has 2 unspecified atom stereocenters. The van der Waals surface area contributed by atoms with E-state index in [-0.39, 0.29) is 30.9 Å². The maximum atomic E-state index is 12.2. The number of carbonyl (C=O) groups is 1. The van der Waals surface area contributed by atoms with Crippen LogP contribution in [-0.4, -0.2) is 89.3 Å². The number of para-hydroxylation sites is 2. The number of carbonyl (C=O) groups excluding carboxylic acids is 1. The average Bonchev–Trinajstić information content (AvgIpc) is 3.07. The van der Waals surface area contributed by atoms with Crippen LogP contribution in [-0.2, 0) is 16.0 Å². The highest BCUT2D eigenvalue weighted by Crippen LogP contribution is 2.52. The van der Waals surface area contributed by atoms with Gasteiger partial charge in [-0.1, -0.05) is 30.3 Å². The number of fused-ring (bicyclic) bond motifs is 1. The minimum absolute atomic E-state index is 0. The fraction of sp³-hybridized carbons (Fsp3) is 0.457. The Kier molecular flexibility index (Phi) is 14.7. The van der Waals surface area contributed by atoms with Gasteiger partial charge in [-0.15, -0.1) is 36.6 Å². The molecule has 5 rings (SSSR count). The van der Waals surface area contributed by atoms with E-state index in [1.165, 1.54) is 0 Å². The van der Waals surface area contributed by atoms with Gasteiger partial charge >= 0.3 is 0 Å². The van der Waals surface area contributed by atoms with Crippen molar-refractivity contribution in [1.29, 1.82) is 0 Å². The molecule has 3 aromatic carbocycles. The van der Waals surface area contributed by atoms with Gasteiger partial charge in [0.05, 0.1) is 32.7 Å². The molecule has 0 aliphatic carbocycles. The largest absolute Gasteiger partial charge is 0.496 e. The zero-order valence-electron chi connectivity index (χ0n) is 27.2. The van der Waals surface area contributed by atoms with E-state index in [0.717, 1.165) is 104 Å². The second-order valence-corrected chi connectivity index (χ2v) is 13.0. The number of halogens is 2. The lowest BCUT2D eigenvalue weighted by atomic mass is 9.91. The van der Waals surface area contributed by atoms with E-state index in [2.05, 4.69) is 34.2 Å². The van der Waals surface area contributed by atoms with Crippen LogP contribution in [0.15, 0.2) is 65.6 Å². The normalized spacial score (nSPS) is 19.4. The number of hydrogen-bond acceptors (Lipinski definition) is 9. The SMILES string of the molecule is COc1cc(OC)c(OC)cc1CCN1CCN(CCCCOc2ccccc2C2(C)Sc3ccccc3NC2C=O)CC1.Cl.Cl. The smallest absolute Gasteiger partial charge is 0.164 e. The molecule has 252 valence electrons. The van der Waals surface area contributed by atoms with E-state index in [9.17, 15) is 4.79 Å². The molecule has 2 heterocycles. The molecule has 1 fully saturated rings. The molecular formula is C35H47Cl2N3O5S. The summed E-state index contributed by atoms with van der Waals surface area (Å²) in [7, 11) is 5.00. The van der Waals surface area contributed by atoms with Crippen LogP contribution in [0.1, 0.15) is 30.9 Å². The summed E-state index contributed by atoms with van der Waals surface area (Å²) in [5.74, 6) is 3.11. The van der Waals surface area contributed by atoms with Crippen molar-refractivity contribution in [3.8, 4) is 23.0 Å². The summed E-state index contributed by atoms with van der Waals surface area (Å²) < 4.78 is 22.4. The van der Waals surface area contributed by atoms with Crippen LogP contribution in [0.2, 0.25) is 0 Å². The molecule has 0 saturated carbocycles. The third kappa shape index (κ3) is 8.75. The molecule has 2 atom stereocenters. The first kappa shape index (κ1) is 37.6. The molecule has 2 aliphatic rings. The quantitative estimate of drug-likeness (QED) is 0.149. The Labute approximate surface area is 290 Å². The van der Waals surface area contributed by atoms with Gasteiger partial charge in [0.25, 0.3) is 0 Å². The van der Waals surface area contributed by atoms with Crippen molar-refractivity contribution in [1.82, 2.24) is 9.80 Å². The molecule has 3 aromatic rings. The molecule has 1 N–H and O–H groups in total. The predicted octanol–water partition coefficient (Wildman–Crippen LogP) is 6.58. The lowest BCUT2D eigenvalue weighted by molar-refractivity contribution is -0.109. The van der Waals surface area contributed by atoms with Crippen LogP contribution in [0.25, 0.3) is 0 Å². The number of anilines is 1. The number of unbranched alkanes of at least 4 members (excludes halogenated alkanes) is 1. The number of hydrogen-bond donors (Lipinski definition) is 1. The molecule has 11 heteroatoms. The minimum atomic E-state index is -0.475.